The Hall–Kier alpha value is -2.30. The molecule has 2 aromatic rings. The number of ether oxygens (including phenoxy) is 1. The molecule has 1 amide bonds. The van der Waals surface area contributed by atoms with Gasteiger partial charge >= 0.3 is 0 Å². The highest BCUT2D eigenvalue weighted by Gasteiger charge is 2.27. The van der Waals surface area contributed by atoms with Crippen LogP contribution in [0.15, 0.2) is 40.9 Å². The number of benzene rings is 1. The molecule has 1 aromatic carbocycles. The van der Waals surface area contributed by atoms with Crippen LogP contribution in [0.25, 0.3) is 0 Å². The third kappa shape index (κ3) is 4.37. The van der Waals surface area contributed by atoms with E-state index < -0.39 is 0 Å². The molecule has 0 saturated carbocycles. The average Bonchev–Trinajstić information content (AvgIpc) is 3.09. The maximum atomic E-state index is 12.8. The van der Waals surface area contributed by atoms with Gasteiger partial charge in [-0.2, -0.15) is 0 Å². The first kappa shape index (κ1) is 18.0. The summed E-state index contributed by atoms with van der Waals surface area (Å²) in [7, 11) is 0. The van der Waals surface area contributed by atoms with Crippen LogP contribution in [0.2, 0.25) is 0 Å². The van der Waals surface area contributed by atoms with Gasteiger partial charge in [-0.05, 0) is 37.4 Å². The maximum absolute atomic E-state index is 12.8. The second kappa shape index (κ2) is 8.52. The van der Waals surface area contributed by atoms with Gasteiger partial charge in [0.2, 0.25) is 5.76 Å². The van der Waals surface area contributed by atoms with E-state index in [0.717, 1.165) is 18.4 Å². The number of carbonyl (C=O) groups is 1. The third-order valence-corrected chi connectivity index (χ3v) is 4.29. The Morgan fingerprint density at radius 1 is 1.17 bits per heavy atom. The molecule has 0 aliphatic rings. The maximum Gasteiger partial charge on any atom is 0.293 e. The minimum Gasteiger partial charge on any atom is -0.471 e. The third-order valence-electron chi connectivity index (χ3n) is 4.29. The van der Waals surface area contributed by atoms with Gasteiger partial charge in [-0.1, -0.05) is 44.2 Å². The summed E-state index contributed by atoms with van der Waals surface area (Å²) in [6, 6.07) is 11.7. The van der Waals surface area contributed by atoms with E-state index in [1.54, 1.807) is 6.07 Å². The Morgan fingerprint density at radius 3 is 2.38 bits per heavy atom. The molecule has 1 heterocycles. The predicted octanol–water partition coefficient (Wildman–Crippen LogP) is 4.29. The van der Waals surface area contributed by atoms with Gasteiger partial charge < -0.3 is 14.2 Å². The zero-order valence-corrected chi connectivity index (χ0v) is 14.9. The van der Waals surface area contributed by atoms with Gasteiger partial charge in [-0.15, -0.1) is 0 Å². The second-order valence-electron chi connectivity index (χ2n) is 6.03. The van der Waals surface area contributed by atoms with Gasteiger partial charge in [0.15, 0.2) is 0 Å². The summed E-state index contributed by atoms with van der Waals surface area (Å²) in [6.45, 7) is 8.63. The van der Waals surface area contributed by atoms with Crippen molar-refractivity contribution in [3.8, 4) is 5.88 Å². The summed E-state index contributed by atoms with van der Waals surface area (Å²) in [4.78, 5) is 14.6. The molecule has 0 spiro atoms. The van der Waals surface area contributed by atoms with Gasteiger partial charge in [0.25, 0.3) is 11.8 Å². The summed E-state index contributed by atoms with van der Waals surface area (Å²) in [5.41, 5.74) is 1.04. The fraction of sp³-hybridized carbons (Fsp3) is 0.474. The molecular formula is C19H26N2O3. The van der Waals surface area contributed by atoms with Crippen LogP contribution in [0.3, 0.4) is 0 Å². The van der Waals surface area contributed by atoms with Gasteiger partial charge in [-0.3, -0.25) is 4.79 Å². The van der Waals surface area contributed by atoms with Crippen LogP contribution in [0, 0.1) is 0 Å². The van der Waals surface area contributed by atoms with E-state index in [0.29, 0.717) is 12.5 Å². The number of hydrogen-bond acceptors (Lipinski definition) is 4. The van der Waals surface area contributed by atoms with E-state index in [2.05, 4.69) is 19.0 Å². The average molecular weight is 330 g/mol. The summed E-state index contributed by atoms with van der Waals surface area (Å²) in [5, 5.41) is 3.86. The number of hydrogen-bond donors (Lipinski definition) is 0. The number of carbonyl (C=O) groups excluding carboxylic acids is 1. The highest BCUT2D eigenvalue weighted by Crippen LogP contribution is 2.20. The molecule has 2 atom stereocenters. The van der Waals surface area contributed by atoms with E-state index in [-0.39, 0.29) is 23.8 Å². The summed E-state index contributed by atoms with van der Waals surface area (Å²) < 4.78 is 10.8. The summed E-state index contributed by atoms with van der Waals surface area (Å²) in [6.07, 6.45) is 1.78. The van der Waals surface area contributed by atoms with Crippen molar-refractivity contribution in [2.45, 2.75) is 59.2 Å². The minimum absolute atomic E-state index is 0.138. The van der Waals surface area contributed by atoms with Crippen molar-refractivity contribution >= 4 is 5.91 Å². The van der Waals surface area contributed by atoms with E-state index in [1.807, 2.05) is 49.1 Å². The normalized spacial score (nSPS) is 13.3. The van der Waals surface area contributed by atoms with Crippen LogP contribution >= 0.6 is 0 Å². The van der Waals surface area contributed by atoms with E-state index >= 15 is 0 Å². The van der Waals surface area contributed by atoms with Crippen LogP contribution in [0.5, 0.6) is 5.88 Å². The molecule has 2 unspecified atom stereocenters. The fourth-order valence-electron chi connectivity index (χ4n) is 2.51. The largest absolute Gasteiger partial charge is 0.471 e. The van der Waals surface area contributed by atoms with Crippen LogP contribution in [0.1, 0.15) is 56.7 Å². The number of rotatable bonds is 8. The Balaban J connectivity index is 2.06. The lowest BCUT2D eigenvalue weighted by atomic mass is 10.1. The molecule has 5 heteroatoms. The first-order chi connectivity index (χ1) is 11.6. The van der Waals surface area contributed by atoms with E-state index in [4.69, 9.17) is 9.26 Å². The lowest BCUT2D eigenvalue weighted by Gasteiger charge is -2.33. The van der Waals surface area contributed by atoms with Gasteiger partial charge in [0.05, 0.1) is 6.07 Å². The molecule has 0 bridgehead atoms. The van der Waals surface area contributed by atoms with E-state index in [1.165, 1.54) is 0 Å². The lowest BCUT2D eigenvalue weighted by Crippen LogP contribution is -2.44. The molecule has 0 saturated heterocycles. The first-order valence-electron chi connectivity index (χ1n) is 8.52. The predicted molar refractivity (Wildman–Crippen MR) is 93.0 cm³/mol. The quantitative estimate of drug-likeness (QED) is 0.724. The number of amides is 1. The first-order valence-corrected chi connectivity index (χ1v) is 8.52. The van der Waals surface area contributed by atoms with Gasteiger partial charge in [0.1, 0.15) is 6.61 Å². The Kier molecular flexibility index (Phi) is 6.41. The molecular weight excluding hydrogens is 304 g/mol. The SMILES string of the molecule is CCC(C)N(C(=O)c1cc(OCc2ccccc2)no1)C(C)CC. The molecule has 1 aromatic heterocycles. The Morgan fingerprint density at radius 2 is 1.79 bits per heavy atom. The molecule has 130 valence electrons. The van der Waals surface area contributed by atoms with Crippen molar-refractivity contribution in [3.05, 3.63) is 47.7 Å². The molecule has 0 aliphatic heterocycles. The fourth-order valence-corrected chi connectivity index (χ4v) is 2.51. The smallest absolute Gasteiger partial charge is 0.293 e. The zero-order chi connectivity index (χ0) is 17.5. The zero-order valence-electron chi connectivity index (χ0n) is 14.9. The molecule has 24 heavy (non-hydrogen) atoms. The Labute approximate surface area is 143 Å². The standard InChI is InChI=1S/C19H26N2O3/c1-5-14(3)21(15(4)6-2)19(22)17-12-18(20-24-17)23-13-16-10-8-7-9-11-16/h7-12,14-15H,5-6,13H2,1-4H3. The van der Waals surface area contributed by atoms with Crippen molar-refractivity contribution in [1.82, 2.24) is 10.1 Å². The number of nitrogens with zero attached hydrogens (tertiary/aromatic N) is 2. The minimum atomic E-state index is -0.138. The summed E-state index contributed by atoms with van der Waals surface area (Å²) in [5.74, 6) is 0.412. The van der Waals surface area contributed by atoms with Gasteiger partial charge in [-0.25, -0.2) is 0 Å². The monoisotopic (exact) mass is 330 g/mol. The summed E-state index contributed by atoms with van der Waals surface area (Å²) >= 11 is 0. The lowest BCUT2D eigenvalue weighted by molar-refractivity contribution is 0.0555. The van der Waals surface area contributed by atoms with Gasteiger partial charge in [0, 0.05) is 12.1 Å². The number of aromatic nitrogens is 1. The molecule has 0 N–H and O–H groups in total. The molecule has 2 rings (SSSR count). The second-order valence-corrected chi connectivity index (χ2v) is 6.03. The van der Waals surface area contributed by atoms with Crippen LogP contribution in [-0.4, -0.2) is 28.0 Å². The molecule has 0 fully saturated rings. The van der Waals surface area contributed by atoms with Crippen molar-refractivity contribution in [2.24, 2.45) is 0 Å². The van der Waals surface area contributed by atoms with Crippen molar-refractivity contribution in [3.63, 3.8) is 0 Å². The molecule has 5 nitrogen and oxygen atoms in total. The van der Waals surface area contributed by atoms with Crippen molar-refractivity contribution < 1.29 is 14.1 Å². The van der Waals surface area contributed by atoms with Crippen LogP contribution in [-0.2, 0) is 6.61 Å². The van der Waals surface area contributed by atoms with Crippen LogP contribution < -0.4 is 4.74 Å². The molecule has 0 radical (unpaired) electrons. The Bertz CT molecular complexity index is 629. The van der Waals surface area contributed by atoms with Crippen molar-refractivity contribution in [2.75, 3.05) is 0 Å². The van der Waals surface area contributed by atoms with Crippen molar-refractivity contribution in [1.29, 1.82) is 0 Å². The van der Waals surface area contributed by atoms with Crippen LogP contribution in [0.4, 0.5) is 0 Å². The topological polar surface area (TPSA) is 55.6 Å². The van der Waals surface area contributed by atoms with E-state index in [9.17, 15) is 4.79 Å². The highest BCUT2D eigenvalue weighted by atomic mass is 16.5. The molecule has 0 aliphatic carbocycles. The highest BCUT2D eigenvalue weighted by molar-refractivity contribution is 5.92.